The van der Waals surface area contributed by atoms with E-state index in [0.29, 0.717) is 11.3 Å². The number of anilines is 2. The molecule has 0 atom stereocenters. The monoisotopic (exact) mass is 268 g/mol. The van der Waals surface area contributed by atoms with E-state index in [1.165, 1.54) is 4.52 Å². The standard InChI is InChI=1S/C14H12N4O2/c1-9-11(16-10-5-3-2-4-6-10)12(14(19)20)17-18-8-7-15-13(9)18/h2-8,16H,1H3,(H,19,20). The van der Waals surface area contributed by atoms with Crippen LogP contribution in [-0.2, 0) is 0 Å². The van der Waals surface area contributed by atoms with Crippen LogP contribution >= 0.6 is 0 Å². The Morgan fingerprint density at radius 3 is 2.75 bits per heavy atom. The summed E-state index contributed by atoms with van der Waals surface area (Å²) in [5.41, 5.74) is 2.61. The Morgan fingerprint density at radius 1 is 1.30 bits per heavy atom. The fourth-order valence-corrected chi connectivity index (χ4v) is 2.06. The van der Waals surface area contributed by atoms with Gasteiger partial charge in [0.15, 0.2) is 11.3 Å². The van der Waals surface area contributed by atoms with Crippen LogP contribution < -0.4 is 5.32 Å². The molecule has 0 amide bonds. The van der Waals surface area contributed by atoms with Crippen molar-refractivity contribution in [1.82, 2.24) is 14.6 Å². The summed E-state index contributed by atoms with van der Waals surface area (Å²) in [7, 11) is 0. The van der Waals surface area contributed by atoms with Crippen molar-refractivity contribution in [1.29, 1.82) is 0 Å². The fraction of sp³-hybridized carbons (Fsp3) is 0.0714. The predicted octanol–water partition coefficient (Wildman–Crippen LogP) is 2.48. The first kappa shape index (κ1) is 12.2. The maximum atomic E-state index is 11.4. The maximum Gasteiger partial charge on any atom is 0.358 e. The summed E-state index contributed by atoms with van der Waals surface area (Å²) in [5, 5.41) is 16.5. The molecule has 2 heterocycles. The first-order valence-electron chi connectivity index (χ1n) is 6.06. The van der Waals surface area contributed by atoms with E-state index in [4.69, 9.17) is 0 Å². The summed E-state index contributed by atoms with van der Waals surface area (Å²) < 4.78 is 1.47. The molecule has 0 saturated heterocycles. The molecule has 0 saturated carbocycles. The average molecular weight is 268 g/mol. The van der Waals surface area contributed by atoms with E-state index in [0.717, 1.165) is 11.3 Å². The Balaban J connectivity index is 2.19. The summed E-state index contributed by atoms with van der Waals surface area (Å²) >= 11 is 0. The molecule has 6 heteroatoms. The third-order valence-electron chi connectivity index (χ3n) is 3.02. The topological polar surface area (TPSA) is 79.5 Å². The van der Waals surface area contributed by atoms with E-state index in [2.05, 4.69) is 15.4 Å². The smallest absolute Gasteiger partial charge is 0.358 e. The molecule has 1 aromatic carbocycles. The number of carbonyl (C=O) groups is 1. The van der Waals surface area contributed by atoms with Gasteiger partial charge in [0, 0.05) is 23.6 Å². The molecule has 0 radical (unpaired) electrons. The van der Waals surface area contributed by atoms with Gasteiger partial charge in [-0.05, 0) is 19.1 Å². The minimum Gasteiger partial charge on any atom is -0.476 e. The van der Waals surface area contributed by atoms with Crippen LogP contribution in [-0.4, -0.2) is 25.7 Å². The largest absolute Gasteiger partial charge is 0.476 e. The minimum absolute atomic E-state index is 0.0307. The molecule has 0 spiro atoms. The van der Waals surface area contributed by atoms with Crippen molar-refractivity contribution >= 4 is 23.0 Å². The van der Waals surface area contributed by atoms with E-state index in [-0.39, 0.29) is 5.69 Å². The number of nitrogens with zero attached hydrogens (tertiary/aromatic N) is 3. The number of aromatic nitrogens is 3. The SMILES string of the molecule is Cc1c(Nc2ccccc2)c(C(=O)O)nn2ccnc12. The highest BCUT2D eigenvalue weighted by molar-refractivity contribution is 5.95. The third-order valence-corrected chi connectivity index (χ3v) is 3.02. The zero-order valence-electron chi connectivity index (χ0n) is 10.7. The van der Waals surface area contributed by atoms with Gasteiger partial charge >= 0.3 is 5.97 Å². The van der Waals surface area contributed by atoms with Crippen molar-refractivity contribution in [2.45, 2.75) is 6.92 Å². The number of aromatic carboxylic acids is 1. The van der Waals surface area contributed by atoms with E-state index >= 15 is 0 Å². The lowest BCUT2D eigenvalue weighted by Crippen LogP contribution is -2.11. The van der Waals surface area contributed by atoms with Gasteiger partial charge in [-0.3, -0.25) is 0 Å². The number of carboxylic acid groups (broad SMARTS) is 1. The molecule has 2 N–H and O–H groups in total. The molecular weight excluding hydrogens is 256 g/mol. The van der Waals surface area contributed by atoms with Crippen LogP contribution in [0.5, 0.6) is 0 Å². The second-order valence-electron chi connectivity index (χ2n) is 4.34. The van der Waals surface area contributed by atoms with Crippen LogP contribution in [0, 0.1) is 6.92 Å². The Morgan fingerprint density at radius 2 is 2.05 bits per heavy atom. The third kappa shape index (κ3) is 1.97. The number of fused-ring (bicyclic) bond motifs is 1. The van der Waals surface area contributed by atoms with Crippen molar-refractivity contribution in [3.63, 3.8) is 0 Å². The summed E-state index contributed by atoms with van der Waals surface area (Å²) in [4.78, 5) is 15.6. The van der Waals surface area contributed by atoms with Gasteiger partial charge in [0.05, 0.1) is 5.69 Å². The minimum atomic E-state index is -1.08. The second kappa shape index (κ2) is 4.65. The van der Waals surface area contributed by atoms with Gasteiger partial charge < -0.3 is 10.4 Å². The zero-order valence-corrected chi connectivity index (χ0v) is 10.7. The Hall–Kier alpha value is -2.89. The average Bonchev–Trinajstić information content (AvgIpc) is 2.91. The number of imidazole rings is 1. The normalized spacial score (nSPS) is 10.7. The maximum absolute atomic E-state index is 11.4. The van der Waals surface area contributed by atoms with Crippen LogP contribution in [0.3, 0.4) is 0 Å². The first-order valence-corrected chi connectivity index (χ1v) is 6.06. The Labute approximate surface area is 114 Å². The number of benzene rings is 1. The van der Waals surface area contributed by atoms with Gasteiger partial charge in [0.1, 0.15) is 0 Å². The van der Waals surface area contributed by atoms with Gasteiger partial charge in [-0.1, -0.05) is 18.2 Å². The van der Waals surface area contributed by atoms with Gasteiger partial charge in [-0.15, -0.1) is 0 Å². The van der Waals surface area contributed by atoms with Gasteiger partial charge in [0.25, 0.3) is 0 Å². The molecule has 0 aliphatic carbocycles. The molecule has 0 unspecified atom stereocenters. The molecular formula is C14H12N4O2. The number of rotatable bonds is 3. The lowest BCUT2D eigenvalue weighted by Gasteiger charge is -2.12. The van der Waals surface area contributed by atoms with Crippen LogP contribution in [0.15, 0.2) is 42.7 Å². The highest BCUT2D eigenvalue weighted by Crippen LogP contribution is 2.25. The van der Waals surface area contributed by atoms with Gasteiger partial charge in [-0.2, -0.15) is 5.10 Å². The molecule has 2 aromatic heterocycles. The number of nitrogens with one attached hydrogen (secondary N) is 1. The molecule has 0 fully saturated rings. The molecule has 0 aliphatic rings. The van der Waals surface area contributed by atoms with E-state index in [1.807, 2.05) is 37.3 Å². The molecule has 3 rings (SSSR count). The van der Waals surface area contributed by atoms with E-state index < -0.39 is 5.97 Å². The van der Waals surface area contributed by atoms with Crippen LogP contribution in [0.4, 0.5) is 11.4 Å². The number of hydrogen-bond acceptors (Lipinski definition) is 4. The van der Waals surface area contributed by atoms with Gasteiger partial charge in [0.2, 0.25) is 0 Å². The summed E-state index contributed by atoms with van der Waals surface area (Å²) in [5.74, 6) is -1.08. The van der Waals surface area contributed by atoms with Crippen molar-refractivity contribution < 1.29 is 9.90 Å². The quantitative estimate of drug-likeness (QED) is 0.762. The Bertz CT molecular complexity index is 780. The number of para-hydroxylation sites is 1. The Kier molecular flexibility index (Phi) is 2.83. The number of hydrogen-bond donors (Lipinski definition) is 2. The number of carboxylic acids is 1. The molecule has 100 valence electrons. The number of aryl methyl sites for hydroxylation is 1. The lowest BCUT2D eigenvalue weighted by atomic mass is 10.2. The fourth-order valence-electron chi connectivity index (χ4n) is 2.06. The zero-order chi connectivity index (χ0) is 14.1. The summed E-state index contributed by atoms with van der Waals surface area (Å²) in [6.07, 6.45) is 3.22. The highest BCUT2D eigenvalue weighted by atomic mass is 16.4. The van der Waals surface area contributed by atoms with Crippen LogP contribution in [0.1, 0.15) is 16.1 Å². The summed E-state index contributed by atoms with van der Waals surface area (Å²) in [6.45, 7) is 1.82. The van der Waals surface area contributed by atoms with Crippen molar-refractivity contribution in [3.05, 3.63) is 54.0 Å². The molecule has 0 aliphatic heterocycles. The van der Waals surface area contributed by atoms with Crippen LogP contribution in [0.2, 0.25) is 0 Å². The first-order chi connectivity index (χ1) is 9.66. The van der Waals surface area contributed by atoms with E-state index in [9.17, 15) is 9.90 Å². The van der Waals surface area contributed by atoms with Crippen molar-refractivity contribution in [2.75, 3.05) is 5.32 Å². The van der Waals surface area contributed by atoms with Crippen molar-refractivity contribution in [2.24, 2.45) is 0 Å². The molecule has 3 aromatic rings. The van der Waals surface area contributed by atoms with Gasteiger partial charge in [-0.25, -0.2) is 14.3 Å². The molecule has 20 heavy (non-hydrogen) atoms. The second-order valence-corrected chi connectivity index (χ2v) is 4.34. The summed E-state index contributed by atoms with van der Waals surface area (Å²) in [6, 6.07) is 9.37. The van der Waals surface area contributed by atoms with E-state index in [1.54, 1.807) is 12.4 Å². The lowest BCUT2D eigenvalue weighted by molar-refractivity contribution is 0.0690. The highest BCUT2D eigenvalue weighted by Gasteiger charge is 2.18. The van der Waals surface area contributed by atoms with Crippen molar-refractivity contribution in [3.8, 4) is 0 Å². The molecule has 6 nitrogen and oxygen atoms in total. The molecule has 0 bridgehead atoms. The predicted molar refractivity (Wildman–Crippen MR) is 74.4 cm³/mol. The van der Waals surface area contributed by atoms with Crippen LogP contribution in [0.25, 0.3) is 5.65 Å².